The normalized spacial score (nSPS) is 23.2. The molecule has 0 aromatic carbocycles. The zero-order chi connectivity index (χ0) is 7.84. The molecule has 0 saturated heterocycles. The first-order chi connectivity index (χ1) is 5.29. The van der Waals surface area contributed by atoms with Crippen LogP contribution < -0.4 is 5.73 Å². The fourth-order valence-corrected chi connectivity index (χ4v) is 1.61. The fraction of sp³-hybridized carbons (Fsp3) is 0.714. The van der Waals surface area contributed by atoms with Gasteiger partial charge in [-0.25, -0.2) is 0 Å². The summed E-state index contributed by atoms with van der Waals surface area (Å²) in [7, 11) is 0. The number of hydrogen-bond donors (Lipinski definition) is 1. The third kappa shape index (κ3) is 0.895. The minimum atomic E-state index is 0.522. The van der Waals surface area contributed by atoms with E-state index in [0.29, 0.717) is 11.9 Å². The topological polar surface area (TPSA) is 56.7 Å². The Kier molecular flexibility index (Phi) is 1.34. The van der Waals surface area contributed by atoms with Gasteiger partial charge in [-0.1, -0.05) is 6.92 Å². The van der Waals surface area contributed by atoms with Crippen molar-refractivity contribution in [1.29, 1.82) is 0 Å². The number of hydrogen-bond acceptors (Lipinski definition) is 3. The van der Waals surface area contributed by atoms with Crippen LogP contribution in [0, 0.1) is 0 Å². The minimum absolute atomic E-state index is 0.522. The van der Waals surface area contributed by atoms with Gasteiger partial charge in [0.2, 0.25) is 5.95 Å². The standard InChI is InChI=1S/C7H12N4/c1-5-3-2-4-11-6(5)9-10-7(11)8/h5H,2-4H2,1H3,(H2,8,10). The van der Waals surface area contributed by atoms with Gasteiger partial charge in [0.05, 0.1) is 0 Å². The van der Waals surface area contributed by atoms with Crippen molar-refractivity contribution in [2.24, 2.45) is 0 Å². The second-order valence-corrected chi connectivity index (χ2v) is 3.11. The van der Waals surface area contributed by atoms with E-state index in [2.05, 4.69) is 17.1 Å². The predicted octanol–water partition coefficient (Wildman–Crippen LogP) is 0.758. The molecule has 0 amide bonds. The molecule has 1 unspecified atom stereocenters. The van der Waals surface area contributed by atoms with Crippen molar-refractivity contribution in [1.82, 2.24) is 14.8 Å². The minimum Gasteiger partial charge on any atom is -0.368 e. The zero-order valence-electron chi connectivity index (χ0n) is 6.62. The lowest BCUT2D eigenvalue weighted by atomic mass is 10.0. The van der Waals surface area contributed by atoms with E-state index in [1.165, 1.54) is 12.8 Å². The second-order valence-electron chi connectivity index (χ2n) is 3.11. The molecule has 0 radical (unpaired) electrons. The summed E-state index contributed by atoms with van der Waals surface area (Å²) < 4.78 is 2.01. The van der Waals surface area contributed by atoms with Gasteiger partial charge in [-0.15, -0.1) is 10.2 Å². The Morgan fingerprint density at radius 1 is 1.55 bits per heavy atom. The molecule has 2 N–H and O–H groups in total. The van der Waals surface area contributed by atoms with Crippen LogP contribution in [0.3, 0.4) is 0 Å². The molecule has 2 rings (SSSR count). The Balaban J connectivity index is 2.46. The van der Waals surface area contributed by atoms with Crippen molar-refractivity contribution in [3.63, 3.8) is 0 Å². The van der Waals surface area contributed by atoms with Crippen LogP contribution in [0.25, 0.3) is 0 Å². The molecular formula is C7H12N4. The van der Waals surface area contributed by atoms with Crippen LogP contribution in [-0.2, 0) is 6.54 Å². The Bertz CT molecular complexity index is 265. The van der Waals surface area contributed by atoms with Gasteiger partial charge in [0.25, 0.3) is 0 Å². The highest BCUT2D eigenvalue weighted by Gasteiger charge is 2.19. The number of nitrogens with zero attached hydrogens (tertiary/aromatic N) is 3. The highest BCUT2D eigenvalue weighted by Crippen LogP contribution is 2.25. The molecule has 2 heterocycles. The summed E-state index contributed by atoms with van der Waals surface area (Å²) in [6.45, 7) is 3.15. The van der Waals surface area contributed by atoms with E-state index in [-0.39, 0.29) is 0 Å². The Hall–Kier alpha value is -1.06. The summed E-state index contributed by atoms with van der Waals surface area (Å²) >= 11 is 0. The molecule has 0 aliphatic carbocycles. The number of aromatic nitrogens is 3. The summed E-state index contributed by atoms with van der Waals surface area (Å²) in [5, 5.41) is 7.86. The molecule has 11 heavy (non-hydrogen) atoms. The van der Waals surface area contributed by atoms with Crippen molar-refractivity contribution < 1.29 is 0 Å². The summed E-state index contributed by atoms with van der Waals surface area (Å²) in [4.78, 5) is 0. The molecule has 0 fully saturated rings. The van der Waals surface area contributed by atoms with E-state index in [1.807, 2.05) is 4.57 Å². The first-order valence-corrected chi connectivity index (χ1v) is 3.97. The van der Waals surface area contributed by atoms with Gasteiger partial charge in [-0.3, -0.25) is 4.57 Å². The average molecular weight is 152 g/mol. The van der Waals surface area contributed by atoms with Gasteiger partial charge in [0.15, 0.2) is 0 Å². The average Bonchev–Trinajstić information content (AvgIpc) is 2.35. The van der Waals surface area contributed by atoms with Crippen molar-refractivity contribution in [2.75, 3.05) is 5.73 Å². The number of nitrogen functional groups attached to an aromatic ring is 1. The zero-order valence-corrected chi connectivity index (χ0v) is 6.62. The van der Waals surface area contributed by atoms with E-state index in [4.69, 9.17) is 5.73 Å². The molecule has 4 heteroatoms. The van der Waals surface area contributed by atoms with Crippen molar-refractivity contribution in [2.45, 2.75) is 32.2 Å². The van der Waals surface area contributed by atoms with Crippen LogP contribution in [0.1, 0.15) is 31.5 Å². The molecule has 1 atom stereocenters. The number of rotatable bonds is 0. The highest BCUT2D eigenvalue weighted by molar-refractivity contribution is 5.19. The first kappa shape index (κ1) is 6.64. The second kappa shape index (κ2) is 2.22. The van der Waals surface area contributed by atoms with Gasteiger partial charge in [0, 0.05) is 12.5 Å². The van der Waals surface area contributed by atoms with Crippen LogP contribution in [0.5, 0.6) is 0 Å². The molecule has 1 aliphatic heterocycles. The lowest BCUT2D eigenvalue weighted by Crippen LogP contribution is -2.15. The number of fused-ring (bicyclic) bond motifs is 1. The molecular weight excluding hydrogens is 140 g/mol. The smallest absolute Gasteiger partial charge is 0.221 e. The lowest BCUT2D eigenvalue weighted by molar-refractivity contribution is 0.467. The summed E-state index contributed by atoms with van der Waals surface area (Å²) in [6, 6.07) is 0. The number of anilines is 1. The maximum absolute atomic E-state index is 5.61. The van der Waals surface area contributed by atoms with Gasteiger partial charge in [-0.2, -0.15) is 0 Å². The van der Waals surface area contributed by atoms with Gasteiger partial charge < -0.3 is 5.73 Å². The van der Waals surface area contributed by atoms with Gasteiger partial charge >= 0.3 is 0 Å². The van der Waals surface area contributed by atoms with Crippen molar-refractivity contribution >= 4 is 5.95 Å². The third-order valence-electron chi connectivity index (χ3n) is 2.27. The van der Waals surface area contributed by atoms with Crippen LogP contribution in [-0.4, -0.2) is 14.8 Å². The third-order valence-corrected chi connectivity index (χ3v) is 2.27. The van der Waals surface area contributed by atoms with Gasteiger partial charge in [0.1, 0.15) is 5.82 Å². The Labute approximate surface area is 65.4 Å². The molecule has 1 aromatic heterocycles. The van der Waals surface area contributed by atoms with E-state index in [1.54, 1.807) is 0 Å². The summed E-state index contributed by atoms with van der Waals surface area (Å²) in [5.74, 6) is 2.13. The maximum atomic E-state index is 5.61. The monoisotopic (exact) mass is 152 g/mol. The fourth-order valence-electron chi connectivity index (χ4n) is 1.61. The predicted molar refractivity (Wildman–Crippen MR) is 42.1 cm³/mol. The quantitative estimate of drug-likeness (QED) is 0.597. The van der Waals surface area contributed by atoms with Crippen molar-refractivity contribution in [3.05, 3.63) is 5.82 Å². The molecule has 60 valence electrons. The molecule has 0 spiro atoms. The van der Waals surface area contributed by atoms with Crippen molar-refractivity contribution in [3.8, 4) is 0 Å². The highest BCUT2D eigenvalue weighted by atomic mass is 15.3. The SMILES string of the molecule is CC1CCCn2c(N)nnc21. The molecule has 0 saturated carbocycles. The van der Waals surface area contributed by atoms with E-state index >= 15 is 0 Å². The lowest BCUT2D eigenvalue weighted by Gasteiger charge is -2.18. The Morgan fingerprint density at radius 2 is 2.36 bits per heavy atom. The Morgan fingerprint density at radius 3 is 3.09 bits per heavy atom. The van der Waals surface area contributed by atoms with Crippen LogP contribution in [0.15, 0.2) is 0 Å². The largest absolute Gasteiger partial charge is 0.368 e. The van der Waals surface area contributed by atoms with Crippen LogP contribution in [0.4, 0.5) is 5.95 Å². The number of nitrogens with two attached hydrogens (primary N) is 1. The summed E-state index contributed by atoms with van der Waals surface area (Å²) in [5.41, 5.74) is 5.61. The van der Waals surface area contributed by atoms with Crippen LogP contribution >= 0.6 is 0 Å². The first-order valence-electron chi connectivity index (χ1n) is 3.97. The van der Waals surface area contributed by atoms with E-state index < -0.39 is 0 Å². The molecule has 1 aromatic rings. The van der Waals surface area contributed by atoms with E-state index in [0.717, 1.165) is 12.4 Å². The van der Waals surface area contributed by atoms with Gasteiger partial charge in [-0.05, 0) is 12.8 Å². The summed E-state index contributed by atoms with van der Waals surface area (Å²) in [6.07, 6.45) is 2.40. The van der Waals surface area contributed by atoms with E-state index in [9.17, 15) is 0 Å². The maximum Gasteiger partial charge on any atom is 0.221 e. The molecule has 0 bridgehead atoms. The van der Waals surface area contributed by atoms with Crippen LogP contribution in [0.2, 0.25) is 0 Å². The molecule has 4 nitrogen and oxygen atoms in total. The molecule has 1 aliphatic rings.